The molecule has 4 aromatic heterocycles. The molecule has 0 saturated heterocycles. The van der Waals surface area contributed by atoms with E-state index in [1.807, 2.05) is 12.4 Å². The van der Waals surface area contributed by atoms with Crippen LogP contribution in [0.25, 0.3) is 88.1 Å². The summed E-state index contributed by atoms with van der Waals surface area (Å²) in [7, 11) is 0. The van der Waals surface area contributed by atoms with Crippen LogP contribution in [0.4, 0.5) is 0 Å². The Morgan fingerprint density at radius 1 is 0.257 bits per heavy atom. The first-order valence-corrected chi connectivity index (χ1v) is 50.0. The molecule has 12 nitrogen and oxygen atoms in total. The number of benzene rings is 8. The van der Waals surface area contributed by atoms with Gasteiger partial charge in [-0.05, 0) is 297 Å². The zero-order valence-electron chi connectivity index (χ0n) is 94.8. The molecule has 4 radical (unpaired) electrons. The second-order valence-electron chi connectivity index (χ2n) is 49.1. The van der Waals surface area contributed by atoms with E-state index >= 15 is 0 Å². The van der Waals surface area contributed by atoms with Crippen LogP contribution >= 0.6 is 0 Å². The van der Waals surface area contributed by atoms with Crippen LogP contribution in [0.15, 0.2) is 193 Å². The van der Waals surface area contributed by atoms with Gasteiger partial charge in [-0.3, -0.25) is 0 Å². The number of aliphatic hydroxyl groups is 8. The molecule has 12 aromatic rings. The second kappa shape index (κ2) is 58.2. The normalized spacial score (nSPS) is 13.0. The molecule has 144 heavy (non-hydrogen) atoms. The monoisotopic (exact) mass is 2670 g/mol. The quantitative estimate of drug-likeness (QED) is 0.0335. The summed E-state index contributed by atoms with van der Waals surface area (Å²) < 4.78 is 0. The second-order valence-corrected chi connectivity index (χ2v) is 49.1. The molecular weight excluding hydrogens is 2490 g/mol. The van der Waals surface area contributed by atoms with Crippen molar-refractivity contribution in [3.05, 3.63) is 307 Å². The Morgan fingerprint density at radius 2 is 0.507 bits per heavy atom. The molecule has 0 saturated carbocycles. The van der Waals surface area contributed by atoms with Gasteiger partial charge < -0.3 is 60.8 Å². The Morgan fingerprint density at radius 3 is 0.812 bits per heavy atom. The summed E-state index contributed by atoms with van der Waals surface area (Å²) in [5.41, 5.74) is 31.4. The van der Waals surface area contributed by atoms with Gasteiger partial charge in [0.2, 0.25) is 0 Å². The standard InChI is InChI=1S/4C27H34N.4C5H10O2.4Ir/c1-18-11-19(2)13-21(12-18)25-24-15-20(16-26(3,4)5)14-22(17-27(6,7)8)23(24)9-10-28-25;1-18-11-19(2)13-21(12-18)25-24-15-23(17-27(6,7)8)22(16-26(3,4)5)14-20(24)9-10-28-25;1-18-11-19(2)13-21(12-18)25-23-10-9-20(15-26(3,4)5)14-24(23)22(17-28-25)16-27(6,7)8;1-18-11-19(2)13-21(12-18)25-24-14-20(15-26(3,4)5)9-10-23(24)22(17-28-25)16-27(6,7)8;4*1-4(6)3-5(2)7;;;;/h2*9-12,14-15H,16-17H2,1-8H3;2*9-12,14,17H,15-16H2,1-8H3;4*3-4,6-7H,1-2H3;;;;/q4*-1;;;;;;;;. The average molecular weight is 2670 g/mol. The van der Waals surface area contributed by atoms with Gasteiger partial charge >= 0.3 is 0 Å². The minimum atomic E-state index is -0.537. The smallest absolute Gasteiger partial charge is 0.0877 e. The summed E-state index contributed by atoms with van der Waals surface area (Å²) in [6.45, 7) is 84.7. The molecule has 0 fully saturated rings. The fourth-order valence-corrected chi connectivity index (χ4v) is 17.6. The third-order valence-electron chi connectivity index (χ3n) is 21.5. The summed E-state index contributed by atoms with van der Waals surface area (Å²) in [5.74, 6) is 0.648. The maximum Gasteiger partial charge on any atom is 0.0877 e. The molecule has 0 amide bonds. The number of aromatic nitrogens is 4. The van der Waals surface area contributed by atoms with Crippen molar-refractivity contribution in [2.45, 2.75) is 353 Å². The van der Waals surface area contributed by atoms with Crippen LogP contribution in [0.2, 0.25) is 0 Å². The first kappa shape index (κ1) is 134. The largest absolute Gasteiger partial charge is 0.513 e. The summed E-state index contributed by atoms with van der Waals surface area (Å²) in [5, 5.41) is 77.9. The van der Waals surface area contributed by atoms with Gasteiger partial charge in [-0.2, -0.15) is 0 Å². The molecule has 8 N–H and O–H groups in total. The van der Waals surface area contributed by atoms with Gasteiger partial charge in [0.1, 0.15) is 0 Å². The number of aryl methyl sites for hydroxylation is 8. The molecule has 0 aliphatic heterocycles. The molecule has 0 bridgehead atoms. The third kappa shape index (κ3) is 50.8. The number of hydrogen-bond donors (Lipinski definition) is 8. The number of aliphatic hydroxyl groups excluding tert-OH is 8. The summed E-state index contributed by atoms with van der Waals surface area (Å²) in [4.78, 5) is 19.4. The van der Waals surface area contributed by atoms with Crippen molar-refractivity contribution in [3.8, 4) is 45.0 Å². The van der Waals surface area contributed by atoms with Crippen LogP contribution in [0, 0.1) is 123 Å². The Bertz CT molecular complexity index is 5930. The van der Waals surface area contributed by atoms with E-state index in [0.29, 0.717) is 0 Å². The molecule has 8 aromatic carbocycles. The van der Waals surface area contributed by atoms with Gasteiger partial charge in [0, 0.05) is 105 Å². The Labute approximate surface area is 924 Å². The van der Waals surface area contributed by atoms with Crippen molar-refractivity contribution in [1.82, 2.24) is 19.9 Å². The number of pyridine rings is 4. The molecule has 12 rings (SSSR count). The molecular formula is C128H176Ir4N4O8-4. The van der Waals surface area contributed by atoms with Crippen molar-refractivity contribution in [1.29, 1.82) is 0 Å². The van der Waals surface area contributed by atoms with Crippen LogP contribution in [0.5, 0.6) is 0 Å². The first-order valence-electron chi connectivity index (χ1n) is 50.0. The van der Waals surface area contributed by atoms with Crippen molar-refractivity contribution < 1.29 is 121 Å². The maximum atomic E-state index is 8.49. The van der Waals surface area contributed by atoms with Gasteiger partial charge in [0.15, 0.2) is 0 Å². The van der Waals surface area contributed by atoms with Gasteiger partial charge in [-0.25, -0.2) is 0 Å². The van der Waals surface area contributed by atoms with Crippen molar-refractivity contribution in [3.63, 3.8) is 0 Å². The summed E-state index contributed by atoms with van der Waals surface area (Å²) >= 11 is 0. The molecule has 4 heterocycles. The van der Waals surface area contributed by atoms with Crippen LogP contribution in [0.3, 0.4) is 0 Å². The van der Waals surface area contributed by atoms with Crippen LogP contribution < -0.4 is 0 Å². The third-order valence-corrected chi connectivity index (χ3v) is 21.5. The fraction of sp³-hybridized carbons (Fsp3) is 0.469. The molecule has 796 valence electrons. The molecule has 0 aliphatic rings. The minimum Gasteiger partial charge on any atom is -0.513 e. The summed E-state index contributed by atoms with van der Waals surface area (Å²) in [6.07, 6.45) is 19.8. The fourth-order valence-electron chi connectivity index (χ4n) is 17.6. The summed E-state index contributed by atoms with van der Waals surface area (Å²) in [6, 6.07) is 59.4. The Kier molecular flexibility index (Phi) is 54.2. The zero-order chi connectivity index (χ0) is 106. The van der Waals surface area contributed by atoms with Gasteiger partial charge in [0.25, 0.3) is 0 Å². The molecule has 16 heteroatoms. The molecule has 0 aliphatic carbocycles. The maximum absolute atomic E-state index is 8.49. The van der Waals surface area contributed by atoms with E-state index in [0.717, 1.165) is 119 Å². The molecule has 4 atom stereocenters. The number of rotatable bonds is 16. The predicted molar refractivity (Wildman–Crippen MR) is 599 cm³/mol. The van der Waals surface area contributed by atoms with Crippen molar-refractivity contribution in [2.75, 3.05) is 0 Å². The number of fused-ring (bicyclic) bond motifs is 4. The predicted octanol–water partition coefficient (Wildman–Crippen LogP) is 33.3. The van der Waals surface area contributed by atoms with E-state index in [1.54, 1.807) is 27.7 Å². The van der Waals surface area contributed by atoms with E-state index in [2.05, 4.69) is 380 Å². The Hall–Kier alpha value is -8.00. The van der Waals surface area contributed by atoms with Crippen molar-refractivity contribution >= 4 is 43.1 Å². The van der Waals surface area contributed by atoms with Gasteiger partial charge in [-0.15, -0.1) is 140 Å². The number of nitrogens with zero attached hydrogens (tertiary/aromatic N) is 4. The SMILES string of the molecule is CC(O)=CC(C)O.CC(O)=CC(C)O.CC(O)=CC(C)O.CC(O)=CC(C)O.Cc1[c-]c(-c2ncc(CC(C)(C)C)c3cc(CC(C)(C)C)ccc23)cc(C)c1.Cc1[c-]c(-c2ncc(CC(C)(C)C)c3ccc(CC(C)(C)C)cc23)cc(C)c1.Cc1[c-]c(-c2nccc3c(CC(C)(C)C)cc(CC(C)(C)C)cc23)cc(C)c1.Cc1[c-]c(-c2nccc3cc(CC(C)(C)C)c(CC(C)(C)C)cc23)cc(C)c1.[Ir].[Ir].[Ir].[Ir]. The molecule has 4 unspecified atom stereocenters. The van der Waals surface area contributed by atoms with Crippen molar-refractivity contribution in [2.24, 2.45) is 43.3 Å². The Balaban J connectivity index is 0.000000871. The number of hydrogen-bond acceptors (Lipinski definition) is 12. The van der Waals surface area contributed by atoms with Crippen LogP contribution in [0.1, 0.15) is 311 Å². The van der Waals surface area contributed by atoms with E-state index < -0.39 is 24.4 Å². The van der Waals surface area contributed by atoms with E-state index in [9.17, 15) is 0 Å². The van der Waals surface area contributed by atoms with Crippen LogP contribution in [-0.4, -0.2) is 85.2 Å². The average Bonchev–Trinajstić information content (AvgIpc) is 0.784. The van der Waals surface area contributed by atoms with Gasteiger partial charge in [0.05, 0.1) is 47.5 Å². The van der Waals surface area contributed by atoms with E-state index in [4.69, 9.17) is 60.8 Å². The van der Waals surface area contributed by atoms with E-state index in [-0.39, 0.29) is 147 Å². The van der Waals surface area contributed by atoms with Gasteiger partial charge in [-0.1, -0.05) is 282 Å². The van der Waals surface area contributed by atoms with E-state index in [1.165, 1.54) is 162 Å². The minimum absolute atomic E-state index is 0. The number of allylic oxidation sites excluding steroid dienone is 4. The topological polar surface area (TPSA) is 213 Å². The first-order chi connectivity index (χ1) is 64.1. The zero-order valence-corrected chi connectivity index (χ0v) is 104. The molecule has 0 spiro atoms. The van der Waals surface area contributed by atoms with Crippen LogP contribution in [-0.2, 0) is 132 Å².